The van der Waals surface area contributed by atoms with Gasteiger partial charge in [-0.25, -0.2) is 0 Å². The summed E-state index contributed by atoms with van der Waals surface area (Å²) in [7, 11) is 0. The Kier molecular flexibility index (Phi) is 6.29. The van der Waals surface area contributed by atoms with Crippen molar-refractivity contribution in [2.45, 2.75) is 25.6 Å². The van der Waals surface area contributed by atoms with Gasteiger partial charge in [-0.2, -0.15) is 13.2 Å². The van der Waals surface area contributed by atoms with Crippen molar-refractivity contribution in [3.8, 4) is 0 Å². The number of nitrogens with one attached hydrogen (secondary N) is 1. The predicted octanol–water partition coefficient (Wildman–Crippen LogP) is 3.08. The molecule has 0 aliphatic carbocycles. The molecule has 0 fully saturated rings. The van der Waals surface area contributed by atoms with Crippen LogP contribution in [-0.2, 0) is 15.7 Å². The third-order valence-electron chi connectivity index (χ3n) is 2.52. The Bertz CT molecular complexity index is 494. The number of ether oxygens (including phenoxy) is 1. The van der Waals surface area contributed by atoms with Gasteiger partial charge in [0, 0.05) is 12.2 Å². The standard InChI is InChI=1S/C13H15ClF3NO3/c1-2-21-12(20)6-9(19)7-18-8-3-4-11(14)10(5-8)13(15,16)17/h3-5,9,18-19H,2,6-7H2,1H3. The van der Waals surface area contributed by atoms with Crippen molar-refractivity contribution in [2.24, 2.45) is 0 Å². The molecule has 0 amide bonds. The highest BCUT2D eigenvalue weighted by Gasteiger charge is 2.33. The summed E-state index contributed by atoms with van der Waals surface area (Å²) < 4.78 is 42.6. The van der Waals surface area contributed by atoms with Crippen molar-refractivity contribution in [3.63, 3.8) is 0 Å². The van der Waals surface area contributed by atoms with Gasteiger partial charge >= 0.3 is 12.1 Å². The number of alkyl halides is 3. The Labute approximate surface area is 124 Å². The van der Waals surface area contributed by atoms with Gasteiger partial charge in [0.2, 0.25) is 0 Å². The molecule has 1 atom stereocenters. The SMILES string of the molecule is CCOC(=O)CC(O)CNc1ccc(Cl)c(C(F)(F)F)c1. The topological polar surface area (TPSA) is 58.6 Å². The fourth-order valence-electron chi connectivity index (χ4n) is 1.57. The second-order valence-electron chi connectivity index (χ2n) is 4.24. The molecular formula is C13H15ClF3NO3. The minimum atomic E-state index is -4.56. The third kappa shape index (κ3) is 5.81. The molecule has 1 aromatic carbocycles. The molecule has 0 bridgehead atoms. The summed E-state index contributed by atoms with van der Waals surface area (Å²) in [6, 6.07) is 3.32. The molecule has 1 rings (SSSR count). The van der Waals surface area contributed by atoms with Crippen LogP contribution in [0.4, 0.5) is 18.9 Å². The van der Waals surface area contributed by atoms with Crippen LogP contribution in [0.25, 0.3) is 0 Å². The van der Waals surface area contributed by atoms with Gasteiger partial charge in [-0.1, -0.05) is 11.6 Å². The molecule has 0 heterocycles. The Morgan fingerprint density at radius 3 is 2.71 bits per heavy atom. The van der Waals surface area contributed by atoms with E-state index < -0.39 is 28.8 Å². The quantitative estimate of drug-likeness (QED) is 0.789. The van der Waals surface area contributed by atoms with Crippen LogP contribution in [0.15, 0.2) is 18.2 Å². The van der Waals surface area contributed by atoms with Crippen LogP contribution in [0, 0.1) is 0 Å². The number of esters is 1. The van der Waals surface area contributed by atoms with E-state index in [9.17, 15) is 23.1 Å². The van der Waals surface area contributed by atoms with Crippen LogP contribution in [0.5, 0.6) is 0 Å². The lowest BCUT2D eigenvalue weighted by molar-refractivity contribution is -0.145. The molecule has 0 aliphatic rings. The van der Waals surface area contributed by atoms with Gasteiger partial charge in [0.15, 0.2) is 0 Å². The lowest BCUT2D eigenvalue weighted by Crippen LogP contribution is -2.24. The maximum atomic E-state index is 12.7. The fraction of sp³-hybridized carbons (Fsp3) is 0.462. The van der Waals surface area contributed by atoms with Crippen LogP contribution < -0.4 is 5.32 Å². The first-order valence-corrected chi connectivity index (χ1v) is 6.56. The molecule has 4 nitrogen and oxygen atoms in total. The van der Waals surface area contributed by atoms with E-state index in [0.29, 0.717) is 0 Å². The Balaban J connectivity index is 2.62. The molecule has 0 saturated heterocycles. The summed E-state index contributed by atoms with van der Waals surface area (Å²) in [4.78, 5) is 11.1. The van der Waals surface area contributed by atoms with E-state index in [-0.39, 0.29) is 25.3 Å². The van der Waals surface area contributed by atoms with Crippen molar-refractivity contribution in [3.05, 3.63) is 28.8 Å². The third-order valence-corrected chi connectivity index (χ3v) is 2.85. The Hall–Kier alpha value is -1.47. The summed E-state index contributed by atoms with van der Waals surface area (Å²) in [5.41, 5.74) is -0.816. The first-order chi connectivity index (χ1) is 9.74. The molecule has 0 aromatic heterocycles. The second-order valence-corrected chi connectivity index (χ2v) is 4.64. The Morgan fingerprint density at radius 1 is 1.48 bits per heavy atom. The molecule has 1 aromatic rings. The van der Waals surface area contributed by atoms with Crippen molar-refractivity contribution in [2.75, 3.05) is 18.5 Å². The maximum absolute atomic E-state index is 12.7. The van der Waals surface area contributed by atoms with Gasteiger partial charge in [0.1, 0.15) is 0 Å². The maximum Gasteiger partial charge on any atom is 0.417 e. The molecule has 2 N–H and O–H groups in total. The van der Waals surface area contributed by atoms with Gasteiger partial charge < -0.3 is 15.2 Å². The lowest BCUT2D eigenvalue weighted by Gasteiger charge is -2.14. The molecule has 0 saturated carbocycles. The number of carbonyl (C=O) groups excluding carboxylic acids is 1. The highest BCUT2D eigenvalue weighted by Crippen LogP contribution is 2.36. The van der Waals surface area contributed by atoms with Crippen molar-refractivity contribution in [1.82, 2.24) is 0 Å². The molecule has 0 radical (unpaired) electrons. The zero-order chi connectivity index (χ0) is 16.0. The van der Waals surface area contributed by atoms with Crippen LogP contribution in [0.3, 0.4) is 0 Å². The zero-order valence-electron chi connectivity index (χ0n) is 11.2. The first kappa shape index (κ1) is 17.6. The zero-order valence-corrected chi connectivity index (χ0v) is 12.0. The number of anilines is 1. The molecule has 0 spiro atoms. The number of halogens is 4. The van der Waals surface area contributed by atoms with E-state index in [1.807, 2.05) is 0 Å². The van der Waals surface area contributed by atoms with E-state index in [1.165, 1.54) is 6.07 Å². The molecular weight excluding hydrogens is 311 g/mol. The van der Waals surface area contributed by atoms with Gasteiger partial charge in [-0.3, -0.25) is 4.79 Å². The monoisotopic (exact) mass is 325 g/mol. The number of hydrogen-bond donors (Lipinski definition) is 2. The average molecular weight is 326 g/mol. The number of rotatable bonds is 6. The van der Waals surface area contributed by atoms with E-state index >= 15 is 0 Å². The summed E-state index contributed by atoms with van der Waals surface area (Å²) in [5, 5.41) is 11.8. The molecule has 21 heavy (non-hydrogen) atoms. The summed E-state index contributed by atoms with van der Waals surface area (Å²) in [6.45, 7) is 1.75. The first-order valence-electron chi connectivity index (χ1n) is 6.18. The molecule has 0 aliphatic heterocycles. The van der Waals surface area contributed by atoms with Gasteiger partial charge in [-0.05, 0) is 25.1 Å². The second kappa shape index (κ2) is 7.51. The van der Waals surface area contributed by atoms with Crippen LogP contribution in [0.2, 0.25) is 5.02 Å². The van der Waals surface area contributed by atoms with Crippen molar-refractivity contribution >= 4 is 23.3 Å². The van der Waals surface area contributed by atoms with Gasteiger partial charge in [0.25, 0.3) is 0 Å². The highest BCUT2D eigenvalue weighted by molar-refractivity contribution is 6.31. The van der Waals surface area contributed by atoms with Crippen molar-refractivity contribution in [1.29, 1.82) is 0 Å². The lowest BCUT2D eigenvalue weighted by atomic mass is 10.2. The summed E-state index contributed by atoms with van der Waals surface area (Å²) in [6.07, 6.45) is -5.85. The molecule has 8 heteroatoms. The number of aliphatic hydroxyl groups excluding tert-OH is 1. The molecule has 1 unspecified atom stereocenters. The van der Waals surface area contributed by atoms with Crippen LogP contribution >= 0.6 is 11.6 Å². The van der Waals surface area contributed by atoms with E-state index in [1.54, 1.807) is 6.92 Å². The van der Waals surface area contributed by atoms with E-state index in [4.69, 9.17) is 11.6 Å². The van der Waals surface area contributed by atoms with Crippen molar-refractivity contribution < 1.29 is 27.8 Å². The Morgan fingerprint density at radius 2 is 2.14 bits per heavy atom. The van der Waals surface area contributed by atoms with E-state index in [0.717, 1.165) is 12.1 Å². The number of aliphatic hydroxyl groups is 1. The van der Waals surface area contributed by atoms with Crippen LogP contribution in [0.1, 0.15) is 18.9 Å². The largest absolute Gasteiger partial charge is 0.466 e. The molecule has 118 valence electrons. The van der Waals surface area contributed by atoms with E-state index in [2.05, 4.69) is 10.1 Å². The minimum absolute atomic E-state index is 0.0856. The summed E-state index contributed by atoms with van der Waals surface area (Å²) >= 11 is 5.49. The number of benzene rings is 1. The van der Waals surface area contributed by atoms with Gasteiger partial charge in [-0.15, -0.1) is 0 Å². The highest BCUT2D eigenvalue weighted by atomic mass is 35.5. The number of carbonyl (C=O) groups is 1. The summed E-state index contributed by atoms with van der Waals surface area (Å²) in [5.74, 6) is -0.570. The predicted molar refractivity (Wildman–Crippen MR) is 72.2 cm³/mol. The number of hydrogen-bond acceptors (Lipinski definition) is 4. The normalized spacial score (nSPS) is 12.9. The van der Waals surface area contributed by atoms with Gasteiger partial charge in [0.05, 0.1) is 29.7 Å². The average Bonchev–Trinajstić information content (AvgIpc) is 2.36. The fourth-order valence-corrected chi connectivity index (χ4v) is 1.80. The minimum Gasteiger partial charge on any atom is -0.466 e. The smallest absolute Gasteiger partial charge is 0.417 e. The van der Waals surface area contributed by atoms with Crippen LogP contribution in [-0.4, -0.2) is 30.3 Å².